The van der Waals surface area contributed by atoms with Gasteiger partial charge in [0.1, 0.15) is 15.5 Å². The highest BCUT2D eigenvalue weighted by Gasteiger charge is 2.14. The number of aromatic nitrogens is 3. The van der Waals surface area contributed by atoms with Crippen LogP contribution in [0.25, 0.3) is 10.9 Å². The molecule has 0 aliphatic heterocycles. The van der Waals surface area contributed by atoms with Gasteiger partial charge in [0.15, 0.2) is 0 Å². The molecule has 0 saturated carbocycles. The van der Waals surface area contributed by atoms with Gasteiger partial charge in [-0.15, -0.1) is 0 Å². The number of fused-ring (bicyclic) bond motifs is 1. The first kappa shape index (κ1) is 8.43. The standard InChI is InChI=1S/C7H5BrFN3O/c1-12-6(9)5-3(11-12)2-4(8)10-7(5)13/h2H,1H3,(H,10,13). The molecule has 0 bridgehead atoms. The number of pyridine rings is 1. The molecule has 13 heavy (non-hydrogen) atoms. The van der Waals surface area contributed by atoms with Gasteiger partial charge in [-0.05, 0) is 22.0 Å². The maximum Gasteiger partial charge on any atom is 0.226 e. The van der Waals surface area contributed by atoms with Crippen molar-refractivity contribution in [1.29, 1.82) is 0 Å². The Balaban J connectivity index is 2.94. The molecule has 0 unspecified atom stereocenters. The van der Waals surface area contributed by atoms with Gasteiger partial charge < -0.3 is 5.11 Å². The van der Waals surface area contributed by atoms with Gasteiger partial charge in [-0.1, -0.05) is 0 Å². The first-order chi connectivity index (χ1) is 6.09. The minimum absolute atomic E-state index is 0.0469. The molecule has 1 N–H and O–H groups in total. The Labute approximate surface area is 81.1 Å². The van der Waals surface area contributed by atoms with Crippen LogP contribution < -0.4 is 0 Å². The van der Waals surface area contributed by atoms with Crippen LogP contribution >= 0.6 is 15.9 Å². The molecule has 0 aromatic carbocycles. The maximum absolute atomic E-state index is 13.2. The van der Waals surface area contributed by atoms with E-state index < -0.39 is 5.95 Å². The summed E-state index contributed by atoms with van der Waals surface area (Å²) >= 11 is 3.07. The third kappa shape index (κ3) is 1.17. The van der Waals surface area contributed by atoms with Crippen molar-refractivity contribution in [3.8, 4) is 5.88 Å². The molecule has 6 heteroatoms. The maximum atomic E-state index is 13.2. The Morgan fingerprint density at radius 1 is 1.62 bits per heavy atom. The molecule has 0 spiro atoms. The number of aryl methyl sites for hydroxylation is 1. The largest absolute Gasteiger partial charge is 0.493 e. The van der Waals surface area contributed by atoms with Crippen molar-refractivity contribution in [3.05, 3.63) is 16.6 Å². The van der Waals surface area contributed by atoms with Gasteiger partial charge in [0.2, 0.25) is 11.8 Å². The van der Waals surface area contributed by atoms with Crippen LogP contribution in [0.3, 0.4) is 0 Å². The molecule has 0 aliphatic carbocycles. The first-order valence-electron chi connectivity index (χ1n) is 3.47. The summed E-state index contributed by atoms with van der Waals surface area (Å²) in [6.45, 7) is 0. The highest BCUT2D eigenvalue weighted by molar-refractivity contribution is 9.10. The SMILES string of the molecule is Cn1nc2cc(Br)nc(O)c2c1F. The van der Waals surface area contributed by atoms with Crippen LogP contribution in [-0.2, 0) is 7.05 Å². The van der Waals surface area contributed by atoms with Gasteiger partial charge in [0.05, 0.1) is 0 Å². The first-order valence-corrected chi connectivity index (χ1v) is 4.26. The molecule has 0 fully saturated rings. The van der Waals surface area contributed by atoms with E-state index in [2.05, 4.69) is 26.0 Å². The van der Waals surface area contributed by atoms with Crippen LogP contribution in [0.1, 0.15) is 0 Å². The number of hydrogen-bond acceptors (Lipinski definition) is 3. The van der Waals surface area contributed by atoms with Crippen molar-refractivity contribution in [2.75, 3.05) is 0 Å². The van der Waals surface area contributed by atoms with Gasteiger partial charge in [0, 0.05) is 7.05 Å². The van der Waals surface area contributed by atoms with Crippen LogP contribution in [0.2, 0.25) is 0 Å². The number of nitrogens with zero attached hydrogens (tertiary/aromatic N) is 3. The predicted molar refractivity (Wildman–Crippen MR) is 47.8 cm³/mol. The quantitative estimate of drug-likeness (QED) is 0.718. The van der Waals surface area contributed by atoms with Gasteiger partial charge in [-0.2, -0.15) is 9.49 Å². The number of hydrogen-bond donors (Lipinski definition) is 1. The van der Waals surface area contributed by atoms with E-state index in [1.165, 1.54) is 13.1 Å². The molecule has 2 rings (SSSR count). The average molecular weight is 246 g/mol. The zero-order valence-electron chi connectivity index (χ0n) is 6.62. The summed E-state index contributed by atoms with van der Waals surface area (Å²) in [5, 5.41) is 13.2. The molecule has 0 atom stereocenters. The fraction of sp³-hybridized carbons (Fsp3) is 0.143. The molecule has 0 amide bonds. The van der Waals surface area contributed by atoms with Crippen molar-refractivity contribution >= 4 is 26.8 Å². The number of rotatable bonds is 0. The summed E-state index contributed by atoms with van der Waals surface area (Å²) in [7, 11) is 1.46. The Hall–Kier alpha value is -1.17. The zero-order valence-corrected chi connectivity index (χ0v) is 8.21. The molecular formula is C7H5BrFN3O. The van der Waals surface area contributed by atoms with Gasteiger partial charge in [-0.3, -0.25) is 0 Å². The summed E-state index contributed by atoms with van der Waals surface area (Å²) < 4.78 is 14.7. The molecule has 68 valence electrons. The predicted octanol–water partition coefficient (Wildman–Crippen LogP) is 1.58. The Kier molecular flexibility index (Phi) is 1.73. The van der Waals surface area contributed by atoms with Crippen molar-refractivity contribution < 1.29 is 9.50 Å². The topological polar surface area (TPSA) is 50.9 Å². The lowest BCUT2D eigenvalue weighted by Gasteiger charge is -1.93. The fourth-order valence-electron chi connectivity index (χ4n) is 1.13. The second kappa shape index (κ2) is 2.66. The lowest BCUT2D eigenvalue weighted by atomic mass is 10.3. The summed E-state index contributed by atoms with van der Waals surface area (Å²) in [6.07, 6.45) is 0. The van der Waals surface area contributed by atoms with E-state index >= 15 is 0 Å². The van der Waals surface area contributed by atoms with Gasteiger partial charge in [-0.25, -0.2) is 9.67 Å². The number of aromatic hydroxyl groups is 1. The van der Waals surface area contributed by atoms with Crippen LogP contribution in [-0.4, -0.2) is 19.9 Å². The van der Waals surface area contributed by atoms with E-state index in [1.807, 2.05) is 0 Å². The molecule has 0 aliphatic rings. The zero-order chi connectivity index (χ0) is 9.59. The molecular weight excluding hydrogens is 241 g/mol. The van der Waals surface area contributed by atoms with E-state index in [9.17, 15) is 9.50 Å². The fourth-order valence-corrected chi connectivity index (χ4v) is 1.52. The van der Waals surface area contributed by atoms with E-state index in [0.29, 0.717) is 10.1 Å². The van der Waals surface area contributed by atoms with E-state index in [4.69, 9.17) is 0 Å². The lowest BCUT2D eigenvalue weighted by Crippen LogP contribution is -1.92. The van der Waals surface area contributed by atoms with Crippen LogP contribution in [0.5, 0.6) is 5.88 Å². The van der Waals surface area contributed by atoms with Crippen molar-refractivity contribution in [3.63, 3.8) is 0 Å². The number of halogens is 2. The van der Waals surface area contributed by atoms with E-state index in [0.717, 1.165) is 4.68 Å². The summed E-state index contributed by atoms with van der Waals surface area (Å²) in [6, 6.07) is 1.54. The highest BCUT2D eigenvalue weighted by atomic mass is 79.9. The highest BCUT2D eigenvalue weighted by Crippen LogP contribution is 2.26. The third-order valence-electron chi connectivity index (χ3n) is 1.70. The molecule has 0 saturated heterocycles. The molecule has 2 aromatic heterocycles. The normalized spacial score (nSPS) is 11.0. The van der Waals surface area contributed by atoms with E-state index in [-0.39, 0.29) is 11.3 Å². The third-order valence-corrected chi connectivity index (χ3v) is 2.10. The second-order valence-corrected chi connectivity index (χ2v) is 3.39. The smallest absolute Gasteiger partial charge is 0.226 e. The van der Waals surface area contributed by atoms with Crippen molar-refractivity contribution in [1.82, 2.24) is 14.8 Å². The molecule has 0 radical (unpaired) electrons. The van der Waals surface area contributed by atoms with Gasteiger partial charge >= 0.3 is 0 Å². The van der Waals surface area contributed by atoms with Gasteiger partial charge in [0.25, 0.3) is 0 Å². The minimum Gasteiger partial charge on any atom is -0.493 e. The summed E-state index contributed by atoms with van der Waals surface area (Å²) in [5.41, 5.74) is 0.374. The average Bonchev–Trinajstić information content (AvgIpc) is 2.27. The second-order valence-electron chi connectivity index (χ2n) is 2.58. The summed E-state index contributed by atoms with van der Waals surface area (Å²) in [4.78, 5) is 3.65. The molecule has 4 nitrogen and oxygen atoms in total. The lowest BCUT2D eigenvalue weighted by molar-refractivity contribution is 0.452. The Morgan fingerprint density at radius 2 is 2.31 bits per heavy atom. The molecule has 2 aromatic rings. The minimum atomic E-state index is -0.590. The summed E-state index contributed by atoms with van der Waals surface area (Å²) in [5.74, 6) is -0.942. The van der Waals surface area contributed by atoms with E-state index in [1.54, 1.807) is 0 Å². The van der Waals surface area contributed by atoms with Crippen molar-refractivity contribution in [2.24, 2.45) is 7.05 Å². The Morgan fingerprint density at radius 3 is 3.00 bits per heavy atom. The molecule has 2 heterocycles. The monoisotopic (exact) mass is 245 g/mol. The Bertz CT molecular complexity index is 482. The van der Waals surface area contributed by atoms with Crippen LogP contribution in [0.15, 0.2) is 10.7 Å². The van der Waals surface area contributed by atoms with Crippen LogP contribution in [0.4, 0.5) is 4.39 Å². The van der Waals surface area contributed by atoms with Crippen LogP contribution in [0, 0.1) is 5.95 Å². The van der Waals surface area contributed by atoms with Crippen molar-refractivity contribution in [2.45, 2.75) is 0 Å².